The van der Waals surface area contributed by atoms with Crippen LogP contribution in [-0.2, 0) is 19.1 Å². The summed E-state index contributed by atoms with van der Waals surface area (Å²) in [5.41, 5.74) is 0. The maximum absolute atomic E-state index is 11.9. The first-order valence-electron chi connectivity index (χ1n) is 6.02. The molecule has 0 radical (unpaired) electrons. The maximum atomic E-state index is 11.9. The van der Waals surface area contributed by atoms with E-state index < -0.39 is 12.1 Å². The number of piperidine rings is 1. The van der Waals surface area contributed by atoms with Crippen molar-refractivity contribution in [3.63, 3.8) is 0 Å². The Morgan fingerprint density at radius 3 is 2.94 bits per heavy atom. The lowest BCUT2D eigenvalue weighted by Gasteiger charge is -2.30. The van der Waals surface area contributed by atoms with Crippen molar-refractivity contribution in [2.45, 2.75) is 25.0 Å². The SMILES string of the molecule is CN1C(=O)CCC(NC(=O)C2CNCCO2)C1=O. The summed E-state index contributed by atoms with van der Waals surface area (Å²) in [5, 5.41) is 5.69. The van der Waals surface area contributed by atoms with Crippen molar-refractivity contribution >= 4 is 17.7 Å². The number of nitrogens with zero attached hydrogens (tertiary/aromatic N) is 1. The Morgan fingerprint density at radius 2 is 2.28 bits per heavy atom. The first-order valence-corrected chi connectivity index (χ1v) is 6.02. The zero-order valence-corrected chi connectivity index (χ0v) is 10.3. The van der Waals surface area contributed by atoms with E-state index in [-0.39, 0.29) is 24.1 Å². The molecule has 2 saturated heterocycles. The van der Waals surface area contributed by atoms with Crippen LogP contribution in [0.15, 0.2) is 0 Å². The van der Waals surface area contributed by atoms with Gasteiger partial charge in [-0.25, -0.2) is 0 Å². The summed E-state index contributed by atoms with van der Waals surface area (Å²) in [4.78, 5) is 36.0. The molecule has 2 atom stereocenters. The van der Waals surface area contributed by atoms with Gasteiger partial charge in [0.15, 0.2) is 0 Å². The van der Waals surface area contributed by atoms with Gasteiger partial charge in [0, 0.05) is 26.6 Å². The van der Waals surface area contributed by atoms with Crippen LogP contribution >= 0.6 is 0 Å². The van der Waals surface area contributed by atoms with Crippen LogP contribution in [-0.4, -0.2) is 61.5 Å². The largest absolute Gasteiger partial charge is 0.366 e. The molecule has 3 amide bonds. The predicted molar refractivity (Wildman–Crippen MR) is 61.6 cm³/mol. The molecule has 7 heteroatoms. The average Bonchev–Trinajstić information content (AvgIpc) is 2.40. The van der Waals surface area contributed by atoms with E-state index in [2.05, 4.69) is 10.6 Å². The molecule has 2 N–H and O–H groups in total. The second-order valence-corrected chi connectivity index (χ2v) is 4.45. The molecular formula is C11H17N3O4. The first kappa shape index (κ1) is 13.0. The molecule has 2 aliphatic heterocycles. The van der Waals surface area contributed by atoms with Gasteiger partial charge in [-0.3, -0.25) is 19.3 Å². The summed E-state index contributed by atoms with van der Waals surface area (Å²) in [6.45, 7) is 1.65. The van der Waals surface area contributed by atoms with Crippen LogP contribution in [0.5, 0.6) is 0 Å². The van der Waals surface area contributed by atoms with E-state index in [1.807, 2.05) is 0 Å². The summed E-state index contributed by atoms with van der Waals surface area (Å²) >= 11 is 0. The summed E-state index contributed by atoms with van der Waals surface area (Å²) in [5.74, 6) is -0.868. The zero-order chi connectivity index (χ0) is 13.1. The van der Waals surface area contributed by atoms with Crippen LogP contribution in [0.4, 0.5) is 0 Å². The molecule has 18 heavy (non-hydrogen) atoms. The van der Waals surface area contributed by atoms with Gasteiger partial charge in [0.2, 0.25) is 5.91 Å². The van der Waals surface area contributed by atoms with Gasteiger partial charge in [-0.15, -0.1) is 0 Å². The van der Waals surface area contributed by atoms with E-state index in [0.29, 0.717) is 19.6 Å². The van der Waals surface area contributed by atoms with E-state index in [9.17, 15) is 14.4 Å². The van der Waals surface area contributed by atoms with Gasteiger partial charge in [0.1, 0.15) is 12.1 Å². The average molecular weight is 255 g/mol. The van der Waals surface area contributed by atoms with Crippen LogP contribution in [0.1, 0.15) is 12.8 Å². The Kier molecular flexibility index (Phi) is 3.93. The molecular weight excluding hydrogens is 238 g/mol. The van der Waals surface area contributed by atoms with Crippen LogP contribution in [0, 0.1) is 0 Å². The van der Waals surface area contributed by atoms with E-state index in [1.165, 1.54) is 7.05 Å². The van der Waals surface area contributed by atoms with Crippen molar-refractivity contribution in [3.8, 4) is 0 Å². The van der Waals surface area contributed by atoms with E-state index >= 15 is 0 Å². The molecule has 2 aliphatic rings. The number of morpholine rings is 1. The number of amides is 3. The molecule has 2 unspecified atom stereocenters. The quantitative estimate of drug-likeness (QED) is 0.571. The van der Waals surface area contributed by atoms with Crippen molar-refractivity contribution in [1.82, 2.24) is 15.5 Å². The van der Waals surface area contributed by atoms with Gasteiger partial charge in [-0.2, -0.15) is 0 Å². The van der Waals surface area contributed by atoms with Crippen molar-refractivity contribution in [2.24, 2.45) is 0 Å². The van der Waals surface area contributed by atoms with Gasteiger partial charge < -0.3 is 15.4 Å². The third-order valence-corrected chi connectivity index (χ3v) is 3.19. The molecule has 2 heterocycles. The molecule has 2 rings (SSSR count). The highest BCUT2D eigenvalue weighted by molar-refractivity contribution is 6.01. The smallest absolute Gasteiger partial charge is 0.251 e. The number of likely N-dealkylation sites (N-methyl/N-ethyl adjacent to an activating group) is 1. The Balaban J connectivity index is 1.90. The molecule has 0 aliphatic carbocycles. The van der Waals surface area contributed by atoms with E-state index in [0.717, 1.165) is 11.4 Å². The fourth-order valence-corrected chi connectivity index (χ4v) is 2.05. The fraction of sp³-hybridized carbons (Fsp3) is 0.727. The number of nitrogens with one attached hydrogen (secondary N) is 2. The molecule has 0 aromatic rings. The number of carbonyl (C=O) groups excluding carboxylic acids is 3. The van der Waals surface area contributed by atoms with Gasteiger partial charge >= 0.3 is 0 Å². The molecule has 0 bridgehead atoms. The molecule has 0 aromatic heterocycles. The highest BCUT2D eigenvalue weighted by Gasteiger charge is 2.34. The monoisotopic (exact) mass is 255 g/mol. The summed E-state index contributed by atoms with van der Waals surface area (Å²) < 4.78 is 5.30. The maximum Gasteiger partial charge on any atom is 0.251 e. The molecule has 2 fully saturated rings. The Hall–Kier alpha value is -1.47. The molecule has 0 aromatic carbocycles. The molecule has 7 nitrogen and oxygen atoms in total. The van der Waals surface area contributed by atoms with Crippen molar-refractivity contribution in [2.75, 3.05) is 26.7 Å². The topological polar surface area (TPSA) is 87.7 Å². The zero-order valence-electron chi connectivity index (χ0n) is 10.3. The van der Waals surface area contributed by atoms with Crippen molar-refractivity contribution in [1.29, 1.82) is 0 Å². The third kappa shape index (κ3) is 2.68. The lowest BCUT2D eigenvalue weighted by molar-refractivity contribution is -0.150. The number of imide groups is 1. The lowest BCUT2D eigenvalue weighted by Crippen LogP contribution is -2.56. The van der Waals surface area contributed by atoms with E-state index in [1.54, 1.807) is 0 Å². The van der Waals surface area contributed by atoms with Crippen LogP contribution in [0.25, 0.3) is 0 Å². The highest BCUT2D eigenvalue weighted by Crippen LogP contribution is 2.11. The lowest BCUT2D eigenvalue weighted by atomic mass is 10.0. The summed E-state index contributed by atoms with van der Waals surface area (Å²) in [6, 6.07) is -0.620. The summed E-state index contributed by atoms with van der Waals surface area (Å²) in [6.07, 6.45) is 0.0692. The number of hydrogen-bond donors (Lipinski definition) is 2. The van der Waals surface area contributed by atoms with Gasteiger partial charge in [-0.1, -0.05) is 0 Å². The molecule has 100 valence electrons. The minimum absolute atomic E-state index is 0.207. The van der Waals surface area contributed by atoms with Crippen LogP contribution in [0.3, 0.4) is 0 Å². The van der Waals surface area contributed by atoms with E-state index in [4.69, 9.17) is 4.74 Å². The van der Waals surface area contributed by atoms with Gasteiger partial charge in [0.25, 0.3) is 11.8 Å². The normalized spacial score (nSPS) is 29.3. The Morgan fingerprint density at radius 1 is 1.50 bits per heavy atom. The number of likely N-dealkylation sites (tertiary alicyclic amines) is 1. The first-order chi connectivity index (χ1) is 8.59. The molecule has 0 spiro atoms. The van der Waals surface area contributed by atoms with Gasteiger partial charge in [-0.05, 0) is 6.42 Å². The number of hydrogen-bond acceptors (Lipinski definition) is 5. The summed E-state index contributed by atoms with van der Waals surface area (Å²) in [7, 11) is 1.43. The van der Waals surface area contributed by atoms with Crippen LogP contribution in [0.2, 0.25) is 0 Å². The van der Waals surface area contributed by atoms with Crippen molar-refractivity contribution < 1.29 is 19.1 Å². The Bertz CT molecular complexity index is 365. The number of ether oxygens (including phenoxy) is 1. The standard InChI is InChI=1S/C11H17N3O4/c1-14-9(15)3-2-7(11(14)17)13-10(16)8-6-12-4-5-18-8/h7-8,12H,2-6H2,1H3,(H,13,16). The minimum atomic E-state index is -0.620. The highest BCUT2D eigenvalue weighted by atomic mass is 16.5. The molecule has 0 saturated carbocycles. The number of rotatable bonds is 2. The Labute approximate surface area is 105 Å². The number of carbonyl (C=O) groups is 3. The third-order valence-electron chi connectivity index (χ3n) is 3.19. The minimum Gasteiger partial charge on any atom is -0.366 e. The predicted octanol–water partition coefficient (Wildman–Crippen LogP) is -1.76. The van der Waals surface area contributed by atoms with Gasteiger partial charge in [0.05, 0.1) is 6.61 Å². The van der Waals surface area contributed by atoms with Crippen molar-refractivity contribution in [3.05, 3.63) is 0 Å². The second kappa shape index (κ2) is 5.45. The fourth-order valence-electron chi connectivity index (χ4n) is 2.05. The van der Waals surface area contributed by atoms with Crippen LogP contribution < -0.4 is 10.6 Å². The second-order valence-electron chi connectivity index (χ2n) is 4.45.